The maximum atomic E-state index is 4.45. The van der Waals surface area contributed by atoms with Crippen LogP contribution in [0, 0.1) is 5.92 Å². The molecule has 1 N–H and O–H groups in total. The minimum absolute atomic E-state index is 0.767. The lowest BCUT2D eigenvalue weighted by atomic mass is 9.84. The molecule has 4 heteroatoms. The Hall–Kier alpha value is -1.52. The smallest absolute Gasteiger partial charge is 0.0890 e. The van der Waals surface area contributed by atoms with Crippen LogP contribution in [-0.2, 0) is 6.54 Å². The Morgan fingerprint density at radius 3 is 2.70 bits per heavy atom. The van der Waals surface area contributed by atoms with Crippen molar-refractivity contribution in [3.8, 4) is 0 Å². The van der Waals surface area contributed by atoms with Crippen LogP contribution >= 0.6 is 0 Å². The number of nitrogens with one attached hydrogen (secondary N) is 1. The van der Waals surface area contributed by atoms with Gasteiger partial charge >= 0.3 is 0 Å². The van der Waals surface area contributed by atoms with Crippen molar-refractivity contribution in [1.29, 1.82) is 0 Å². The number of piperidine rings is 2. The Labute approximate surface area is 138 Å². The zero-order valence-electron chi connectivity index (χ0n) is 13.7. The quantitative estimate of drug-likeness (QED) is 0.946. The molecule has 0 spiro atoms. The van der Waals surface area contributed by atoms with E-state index in [2.05, 4.69) is 38.4 Å². The maximum Gasteiger partial charge on any atom is 0.0890 e. The Morgan fingerprint density at radius 1 is 1.00 bits per heavy atom. The zero-order valence-corrected chi connectivity index (χ0v) is 13.7. The van der Waals surface area contributed by atoms with E-state index in [4.69, 9.17) is 0 Å². The molecular weight excluding hydrogens is 284 g/mol. The topological polar surface area (TPSA) is 41.1 Å². The second-order valence-electron chi connectivity index (χ2n) is 7.00. The summed E-state index contributed by atoms with van der Waals surface area (Å²) in [4.78, 5) is 11.6. The third kappa shape index (κ3) is 3.38. The van der Waals surface area contributed by atoms with E-state index in [9.17, 15) is 0 Å². The third-order valence-corrected chi connectivity index (χ3v) is 5.51. The summed E-state index contributed by atoms with van der Waals surface area (Å²) in [5, 5.41) is 3.50. The molecule has 3 heterocycles. The number of nitrogens with zero attached hydrogens (tertiary/aromatic N) is 3. The molecule has 2 aliphatic rings. The normalized spacial score (nSPS) is 24.1. The van der Waals surface area contributed by atoms with Gasteiger partial charge in [-0.1, -0.05) is 12.5 Å². The van der Waals surface area contributed by atoms with Crippen LogP contribution in [0.5, 0.6) is 0 Å². The molecule has 0 amide bonds. The summed E-state index contributed by atoms with van der Waals surface area (Å²) in [6.07, 6.45) is 10.3. The Kier molecular flexibility index (Phi) is 4.53. The molecule has 2 aliphatic heterocycles. The molecule has 4 nitrogen and oxygen atoms in total. The minimum Gasteiger partial charge on any atom is -0.317 e. The SMILES string of the molecule is c1cnc2cc(CN3CCCCC3C3CCNCC3)ccc2n1. The molecule has 122 valence electrons. The van der Waals surface area contributed by atoms with E-state index < -0.39 is 0 Å². The summed E-state index contributed by atoms with van der Waals surface area (Å²) in [7, 11) is 0. The summed E-state index contributed by atoms with van der Waals surface area (Å²) < 4.78 is 0. The van der Waals surface area contributed by atoms with Gasteiger partial charge in [-0.25, -0.2) is 0 Å². The van der Waals surface area contributed by atoms with Crippen LogP contribution in [0.25, 0.3) is 11.0 Å². The van der Waals surface area contributed by atoms with Crippen molar-refractivity contribution in [3.63, 3.8) is 0 Å². The van der Waals surface area contributed by atoms with E-state index in [1.165, 1.54) is 57.3 Å². The van der Waals surface area contributed by atoms with Gasteiger partial charge in [-0.3, -0.25) is 14.9 Å². The van der Waals surface area contributed by atoms with Gasteiger partial charge in [-0.15, -0.1) is 0 Å². The summed E-state index contributed by atoms with van der Waals surface area (Å²) in [6, 6.07) is 7.33. The second kappa shape index (κ2) is 6.93. The van der Waals surface area contributed by atoms with Crippen LogP contribution in [0.15, 0.2) is 30.6 Å². The van der Waals surface area contributed by atoms with Gasteiger partial charge in [0.1, 0.15) is 0 Å². The number of fused-ring (bicyclic) bond motifs is 1. The highest BCUT2D eigenvalue weighted by molar-refractivity contribution is 5.74. The van der Waals surface area contributed by atoms with Crippen molar-refractivity contribution in [2.75, 3.05) is 19.6 Å². The first-order valence-electron chi connectivity index (χ1n) is 9.04. The van der Waals surface area contributed by atoms with Gasteiger partial charge in [0, 0.05) is 25.0 Å². The predicted molar refractivity (Wildman–Crippen MR) is 93.2 cm³/mol. The van der Waals surface area contributed by atoms with Crippen LogP contribution in [-0.4, -0.2) is 40.5 Å². The first-order valence-corrected chi connectivity index (χ1v) is 9.04. The van der Waals surface area contributed by atoms with Crippen LogP contribution < -0.4 is 5.32 Å². The second-order valence-corrected chi connectivity index (χ2v) is 7.00. The average molecular weight is 310 g/mol. The highest BCUT2D eigenvalue weighted by atomic mass is 15.2. The van der Waals surface area contributed by atoms with E-state index in [0.717, 1.165) is 29.5 Å². The summed E-state index contributed by atoms with van der Waals surface area (Å²) in [5.41, 5.74) is 3.38. The predicted octanol–water partition coefficient (Wildman–Crippen LogP) is 2.98. The molecule has 4 rings (SSSR count). The maximum absolute atomic E-state index is 4.45. The lowest BCUT2D eigenvalue weighted by Crippen LogP contribution is -2.46. The first-order chi connectivity index (χ1) is 11.4. The number of hydrogen-bond donors (Lipinski definition) is 1. The fourth-order valence-corrected chi connectivity index (χ4v) is 4.32. The van der Waals surface area contributed by atoms with Crippen LogP contribution in [0.2, 0.25) is 0 Å². The molecule has 1 aromatic carbocycles. The molecule has 2 aromatic rings. The standard InChI is InChI=1S/C19H26N4/c1-2-12-23(19(3-1)16-6-8-20-9-7-16)14-15-4-5-17-18(13-15)22-11-10-21-17/h4-5,10-11,13,16,19-20H,1-3,6-9,12,14H2. The highest BCUT2D eigenvalue weighted by Crippen LogP contribution is 2.30. The molecule has 0 bridgehead atoms. The average Bonchev–Trinajstić information content (AvgIpc) is 2.63. The molecule has 1 unspecified atom stereocenters. The minimum atomic E-state index is 0.767. The molecule has 2 saturated heterocycles. The fraction of sp³-hybridized carbons (Fsp3) is 0.579. The molecule has 0 saturated carbocycles. The largest absolute Gasteiger partial charge is 0.317 e. The lowest BCUT2D eigenvalue weighted by Gasteiger charge is -2.42. The summed E-state index contributed by atoms with van der Waals surface area (Å²) >= 11 is 0. The van der Waals surface area contributed by atoms with Crippen molar-refractivity contribution in [3.05, 3.63) is 36.2 Å². The van der Waals surface area contributed by atoms with Gasteiger partial charge in [0.2, 0.25) is 0 Å². The fourth-order valence-electron chi connectivity index (χ4n) is 4.32. The number of likely N-dealkylation sites (tertiary alicyclic amines) is 1. The molecular formula is C19H26N4. The molecule has 0 aliphatic carbocycles. The Morgan fingerprint density at radius 2 is 1.83 bits per heavy atom. The van der Waals surface area contributed by atoms with Crippen LogP contribution in [0.4, 0.5) is 0 Å². The molecule has 0 radical (unpaired) electrons. The van der Waals surface area contributed by atoms with Gasteiger partial charge in [0.25, 0.3) is 0 Å². The Bertz CT molecular complexity index is 651. The molecule has 1 aromatic heterocycles. The van der Waals surface area contributed by atoms with Gasteiger partial charge in [-0.05, 0) is 68.9 Å². The highest BCUT2D eigenvalue weighted by Gasteiger charge is 2.30. The number of benzene rings is 1. The van der Waals surface area contributed by atoms with Crippen molar-refractivity contribution in [2.24, 2.45) is 5.92 Å². The van der Waals surface area contributed by atoms with E-state index >= 15 is 0 Å². The number of aromatic nitrogens is 2. The zero-order chi connectivity index (χ0) is 15.5. The first kappa shape index (κ1) is 15.0. The van der Waals surface area contributed by atoms with Gasteiger partial charge in [0.15, 0.2) is 0 Å². The third-order valence-electron chi connectivity index (χ3n) is 5.51. The van der Waals surface area contributed by atoms with Crippen molar-refractivity contribution >= 4 is 11.0 Å². The van der Waals surface area contributed by atoms with E-state index in [1.54, 1.807) is 12.4 Å². The number of rotatable bonds is 3. The Balaban J connectivity index is 1.52. The molecule has 1 atom stereocenters. The van der Waals surface area contributed by atoms with E-state index in [0.29, 0.717) is 0 Å². The van der Waals surface area contributed by atoms with Crippen LogP contribution in [0.3, 0.4) is 0 Å². The summed E-state index contributed by atoms with van der Waals surface area (Å²) in [5.74, 6) is 0.872. The molecule has 2 fully saturated rings. The van der Waals surface area contributed by atoms with Gasteiger partial charge < -0.3 is 5.32 Å². The van der Waals surface area contributed by atoms with Crippen molar-refractivity contribution in [1.82, 2.24) is 20.2 Å². The monoisotopic (exact) mass is 310 g/mol. The van der Waals surface area contributed by atoms with Crippen LogP contribution in [0.1, 0.15) is 37.7 Å². The molecule has 23 heavy (non-hydrogen) atoms. The summed E-state index contributed by atoms with van der Waals surface area (Å²) in [6.45, 7) is 4.69. The van der Waals surface area contributed by atoms with Gasteiger partial charge in [-0.2, -0.15) is 0 Å². The van der Waals surface area contributed by atoms with Crippen molar-refractivity contribution in [2.45, 2.75) is 44.7 Å². The van der Waals surface area contributed by atoms with E-state index in [-0.39, 0.29) is 0 Å². The van der Waals surface area contributed by atoms with E-state index in [1.807, 2.05) is 0 Å². The lowest BCUT2D eigenvalue weighted by molar-refractivity contribution is 0.0778. The van der Waals surface area contributed by atoms with Gasteiger partial charge in [0.05, 0.1) is 11.0 Å². The van der Waals surface area contributed by atoms with Crippen molar-refractivity contribution < 1.29 is 0 Å². The number of hydrogen-bond acceptors (Lipinski definition) is 4.